The summed E-state index contributed by atoms with van der Waals surface area (Å²) in [4.78, 5) is 41.0. The summed E-state index contributed by atoms with van der Waals surface area (Å²) in [7, 11) is 1.79. The molecule has 0 spiro atoms. The van der Waals surface area contributed by atoms with Gasteiger partial charge in [-0.1, -0.05) is 38.2 Å². The number of carbonyl (C=O) groups is 3. The van der Waals surface area contributed by atoms with E-state index in [1.165, 1.54) is 43.4 Å². The number of benzene rings is 1. The number of hydrogen-bond donors (Lipinski definition) is 2. The molecule has 3 atom stereocenters. The van der Waals surface area contributed by atoms with Gasteiger partial charge in [0.05, 0.1) is 23.9 Å². The molecule has 1 aromatic heterocycles. The van der Waals surface area contributed by atoms with Crippen LogP contribution >= 0.6 is 0 Å². The highest BCUT2D eigenvalue weighted by molar-refractivity contribution is 6.11. The molecule has 10 heteroatoms. The molecule has 0 radical (unpaired) electrons. The number of anilines is 2. The third-order valence-corrected chi connectivity index (χ3v) is 8.70. The molecule has 3 fully saturated rings. The highest BCUT2D eigenvalue weighted by atomic mass is 16.5. The van der Waals surface area contributed by atoms with Gasteiger partial charge >= 0.3 is 6.03 Å². The fraction of sp³-hybridized carbons (Fsp3) is 0.655. The molecule has 1 aliphatic carbocycles. The van der Waals surface area contributed by atoms with Gasteiger partial charge in [-0.2, -0.15) is 5.10 Å². The van der Waals surface area contributed by atoms with E-state index in [9.17, 15) is 14.4 Å². The van der Waals surface area contributed by atoms with E-state index in [-0.39, 0.29) is 43.0 Å². The van der Waals surface area contributed by atoms with Gasteiger partial charge in [0.2, 0.25) is 11.8 Å². The lowest BCUT2D eigenvalue weighted by Crippen LogP contribution is -2.51. The Morgan fingerprint density at radius 1 is 1.13 bits per heavy atom. The number of fused-ring (bicyclic) bond motifs is 1. The van der Waals surface area contributed by atoms with E-state index in [1.54, 1.807) is 11.7 Å². The molecule has 10 nitrogen and oxygen atoms in total. The summed E-state index contributed by atoms with van der Waals surface area (Å²) in [5.41, 5.74) is 1.38. The van der Waals surface area contributed by atoms with E-state index in [1.807, 2.05) is 18.2 Å². The molecule has 1 unspecified atom stereocenters. The van der Waals surface area contributed by atoms with Crippen LogP contribution in [0.3, 0.4) is 0 Å². The molecular formula is C29H42N6O4. The second kappa shape index (κ2) is 12.0. The molecule has 2 saturated heterocycles. The minimum atomic E-state index is -0.481. The number of hydrogen-bond acceptors (Lipinski definition) is 6. The number of imide groups is 1. The number of amides is 4. The van der Waals surface area contributed by atoms with Gasteiger partial charge < -0.3 is 10.1 Å². The molecule has 2 N–H and O–H groups in total. The van der Waals surface area contributed by atoms with Crippen LogP contribution in [0.1, 0.15) is 71.6 Å². The molecule has 3 aliphatic rings. The topological polar surface area (TPSA) is 109 Å². The summed E-state index contributed by atoms with van der Waals surface area (Å²) in [5, 5.41) is 10.7. The van der Waals surface area contributed by atoms with Crippen LogP contribution in [0.5, 0.6) is 0 Å². The van der Waals surface area contributed by atoms with Crippen molar-refractivity contribution in [1.29, 1.82) is 0 Å². The number of rotatable bonds is 8. The summed E-state index contributed by atoms with van der Waals surface area (Å²) in [6, 6.07) is 5.59. The van der Waals surface area contributed by atoms with E-state index in [0.717, 1.165) is 36.3 Å². The molecule has 3 heterocycles. The van der Waals surface area contributed by atoms with Gasteiger partial charge in [0.25, 0.3) is 0 Å². The predicted molar refractivity (Wildman–Crippen MR) is 151 cm³/mol. The maximum Gasteiger partial charge on any atom is 0.329 e. The predicted octanol–water partition coefficient (Wildman–Crippen LogP) is 4.19. The first kappa shape index (κ1) is 27.6. The number of ether oxygens (including phenoxy) is 1. The first-order valence-electron chi connectivity index (χ1n) is 14.5. The smallest absolute Gasteiger partial charge is 0.329 e. The molecule has 5 rings (SSSR count). The molecular weight excluding hydrogens is 496 g/mol. The Balaban J connectivity index is 1.19. The lowest BCUT2D eigenvalue weighted by atomic mass is 9.87. The van der Waals surface area contributed by atoms with Gasteiger partial charge in [-0.3, -0.25) is 29.4 Å². The van der Waals surface area contributed by atoms with Crippen molar-refractivity contribution in [3.8, 4) is 0 Å². The highest BCUT2D eigenvalue weighted by Gasteiger charge is 2.33. The maximum absolute atomic E-state index is 13.2. The molecule has 1 saturated carbocycles. The SMILES string of the molecule is C[C@@H]1CC(OCCC2CCCCC2)C[C@H](C)N1CC(=O)Nc1cccc2c(N3CCC(=O)NC3=O)nn(C)c12. The Bertz CT molecular complexity index is 1190. The lowest BCUT2D eigenvalue weighted by Gasteiger charge is -2.42. The van der Waals surface area contributed by atoms with Gasteiger partial charge in [-0.25, -0.2) is 4.79 Å². The minimum absolute atomic E-state index is 0.0815. The maximum atomic E-state index is 13.2. The lowest BCUT2D eigenvalue weighted by molar-refractivity contribution is -0.121. The first-order valence-corrected chi connectivity index (χ1v) is 14.5. The quantitative estimate of drug-likeness (QED) is 0.522. The number of nitrogens with one attached hydrogen (secondary N) is 2. The molecule has 39 heavy (non-hydrogen) atoms. The zero-order valence-corrected chi connectivity index (χ0v) is 23.4. The fourth-order valence-corrected chi connectivity index (χ4v) is 6.63. The van der Waals surface area contributed by atoms with Gasteiger partial charge in [0, 0.05) is 44.1 Å². The molecule has 4 amide bonds. The minimum Gasteiger partial charge on any atom is -0.378 e. The number of piperidine rings is 1. The Hall–Kier alpha value is -2.98. The third-order valence-electron chi connectivity index (χ3n) is 8.70. The fourth-order valence-electron chi connectivity index (χ4n) is 6.63. The summed E-state index contributed by atoms with van der Waals surface area (Å²) >= 11 is 0. The van der Waals surface area contributed by atoms with E-state index >= 15 is 0 Å². The van der Waals surface area contributed by atoms with Crippen LogP contribution in [-0.2, 0) is 21.4 Å². The number of aryl methyl sites for hydroxylation is 1. The normalized spacial score (nSPS) is 25.2. The summed E-state index contributed by atoms with van der Waals surface area (Å²) in [6.45, 7) is 5.78. The van der Waals surface area contributed by atoms with Gasteiger partial charge in [0.15, 0.2) is 5.82 Å². The van der Waals surface area contributed by atoms with Crippen molar-refractivity contribution in [2.24, 2.45) is 13.0 Å². The molecule has 212 valence electrons. The van der Waals surface area contributed by atoms with Crippen molar-refractivity contribution in [1.82, 2.24) is 20.0 Å². The number of para-hydroxylation sites is 1. The van der Waals surface area contributed by atoms with Crippen LogP contribution < -0.4 is 15.5 Å². The van der Waals surface area contributed by atoms with Crippen molar-refractivity contribution < 1.29 is 19.1 Å². The van der Waals surface area contributed by atoms with E-state index < -0.39 is 6.03 Å². The van der Waals surface area contributed by atoms with Gasteiger partial charge in [0.1, 0.15) is 0 Å². The average molecular weight is 539 g/mol. The van der Waals surface area contributed by atoms with Crippen molar-refractivity contribution in [3.05, 3.63) is 18.2 Å². The molecule has 1 aromatic carbocycles. The Kier molecular flexibility index (Phi) is 8.52. The number of nitrogens with zero attached hydrogens (tertiary/aromatic N) is 4. The van der Waals surface area contributed by atoms with Crippen LogP contribution in [0.25, 0.3) is 10.9 Å². The molecule has 2 aliphatic heterocycles. The number of urea groups is 1. The highest BCUT2D eigenvalue weighted by Crippen LogP contribution is 2.32. The van der Waals surface area contributed by atoms with E-state index in [0.29, 0.717) is 18.1 Å². The Morgan fingerprint density at radius 3 is 2.59 bits per heavy atom. The monoisotopic (exact) mass is 538 g/mol. The summed E-state index contributed by atoms with van der Waals surface area (Å²) in [6.07, 6.45) is 10.3. The molecule has 2 aromatic rings. The van der Waals surface area contributed by atoms with Crippen molar-refractivity contribution in [2.75, 3.05) is 29.9 Å². The summed E-state index contributed by atoms with van der Waals surface area (Å²) in [5.74, 6) is 0.935. The van der Waals surface area contributed by atoms with E-state index in [4.69, 9.17) is 4.74 Å². The largest absolute Gasteiger partial charge is 0.378 e. The van der Waals surface area contributed by atoms with Crippen molar-refractivity contribution in [3.63, 3.8) is 0 Å². The van der Waals surface area contributed by atoms with Gasteiger partial charge in [-0.15, -0.1) is 0 Å². The Morgan fingerprint density at radius 2 is 1.87 bits per heavy atom. The van der Waals surface area contributed by atoms with Crippen molar-refractivity contribution >= 4 is 40.3 Å². The van der Waals surface area contributed by atoms with Crippen LogP contribution in [0, 0.1) is 5.92 Å². The zero-order valence-electron chi connectivity index (χ0n) is 23.4. The summed E-state index contributed by atoms with van der Waals surface area (Å²) < 4.78 is 7.99. The number of carbonyl (C=O) groups excluding carboxylic acids is 3. The number of likely N-dealkylation sites (tertiary alicyclic amines) is 1. The third kappa shape index (κ3) is 6.27. The Labute approximate surface area is 230 Å². The van der Waals surface area contributed by atoms with Crippen LogP contribution in [-0.4, -0.2) is 70.4 Å². The second-order valence-corrected chi connectivity index (χ2v) is 11.6. The van der Waals surface area contributed by atoms with E-state index in [2.05, 4.69) is 34.5 Å². The first-order chi connectivity index (χ1) is 18.8. The standard InChI is InChI=1S/C29H42N6O4/c1-19-16-22(39-15-13-21-8-5-4-6-9-21)17-20(2)35(19)18-26(37)30-24-11-7-10-23-27(24)33(3)32-28(23)34-14-12-25(36)31-29(34)38/h7,10-11,19-22H,4-6,8-9,12-18H2,1-3H3,(H,30,37)(H,31,36,38)/t19-,20+,22?. The van der Waals surface area contributed by atoms with Crippen molar-refractivity contribution in [2.45, 2.75) is 89.8 Å². The van der Waals surface area contributed by atoms with Crippen LogP contribution in [0.2, 0.25) is 0 Å². The number of aromatic nitrogens is 2. The zero-order chi connectivity index (χ0) is 27.5. The van der Waals surface area contributed by atoms with Crippen LogP contribution in [0.15, 0.2) is 18.2 Å². The molecule has 0 bridgehead atoms. The van der Waals surface area contributed by atoms with Crippen LogP contribution in [0.4, 0.5) is 16.3 Å². The van der Waals surface area contributed by atoms with Gasteiger partial charge in [-0.05, 0) is 51.2 Å². The second-order valence-electron chi connectivity index (χ2n) is 11.6. The average Bonchev–Trinajstić information content (AvgIpc) is 3.24.